The van der Waals surface area contributed by atoms with Crippen LogP contribution in [0.3, 0.4) is 0 Å². The van der Waals surface area contributed by atoms with Gasteiger partial charge in [0.1, 0.15) is 11.4 Å². The molecule has 2 rings (SSSR count). The lowest BCUT2D eigenvalue weighted by Gasteiger charge is -2.11. The smallest absolute Gasteiger partial charge is 0.337 e. The van der Waals surface area contributed by atoms with Gasteiger partial charge in [-0.15, -0.1) is 0 Å². The van der Waals surface area contributed by atoms with Crippen LogP contribution in [-0.4, -0.2) is 25.1 Å². The fraction of sp³-hybridized carbons (Fsp3) is 0.188. The Morgan fingerprint density at radius 3 is 2.61 bits per heavy atom. The van der Waals surface area contributed by atoms with E-state index in [2.05, 4.69) is 10.1 Å². The van der Waals surface area contributed by atoms with E-state index in [4.69, 9.17) is 4.74 Å². The Kier molecular flexibility index (Phi) is 5.14. The summed E-state index contributed by atoms with van der Waals surface area (Å²) in [5, 5.41) is 14.1. The van der Waals surface area contributed by atoms with Crippen LogP contribution in [0.5, 0.6) is 5.75 Å². The number of benzene rings is 2. The summed E-state index contributed by atoms with van der Waals surface area (Å²) in [5.74, 6) is 0.118. The number of anilines is 1. The van der Waals surface area contributed by atoms with Gasteiger partial charge in [-0.2, -0.15) is 0 Å². The standard InChI is InChI=1S/C16H16N2O5/c1-22-15-6-4-3-5-12(15)10-17-13-9-11(16(19)23-2)7-8-14(13)18(20)21/h3-9,17H,10H2,1-2H3. The summed E-state index contributed by atoms with van der Waals surface area (Å²) in [7, 11) is 2.81. The number of ether oxygens (including phenoxy) is 2. The predicted octanol–water partition coefficient (Wildman–Crippen LogP) is 3.00. The molecule has 0 amide bonds. The van der Waals surface area contributed by atoms with Gasteiger partial charge >= 0.3 is 5.97 Å². The minimum Gasteiger partial charge on any atom is -0.496 e. The first kappa shape index (κ1) is 16.3. The van der Waals surface area contributed by atoms with E-state index in [0.717, 1.165) is 5.56 Å². The van der Waals surface area contributed by atoms with E-state index >= 15 is 0 Å². The lowest BCUT2D eigenvalue weighted by Crippen LogP contribution is -2.07. The quantitative estimate of drug-likeness (QED) is 0.500. The Bertz CT molecular complexity index is 730. The molecule has 0 spiro atoms. The molecule has 0 saturated carbocycles. The first-order valence-electron chi connectivity index (χ1n) is 6.79. The molecule has 0 radical (unpaired) electrons. The third-order valence-electron chi connectivity index (χ3n) is 3.28. The van der Waals surface area contributed by atoms with Crippen molar-refractivity contribution in [3.63, 3.8) is 0 Å². The molecule has 0 fully saturated rings. The molecule has 7 nitrogen and oxygen atoms in total. The molecule has 0 bridgehead atoms. The van der Waals surface area contributed by atoms with Crippen molar-refractivity contribution in [3.05, 3.63) is 63.7 Å². The van der Waals surface area contributed by atoms with E-state index in [0.29, 0.717) is 12.3 Å². The van der Waals surface area contributed by atoms with Gasteiger partial charge < -0.3 is 14.8 Å². The van der Waals surface area contributed by atoms with Gasteiger partial charge in [-0.25, -0.2) is 4.79 Å². The van der Waals surface area contributed by atoms with Gasteiger partial charge in [0.05, 0.1) is 24.7 Å². The van der Waals surface area contributed by atoms with Crippen molar-refractivity contribution >= 4 is 17.3 Å². The van der Waals surface area contributed by atoms with Gasteiger partial charge in [0, 0.05) is 18.2 Å². The van der Waals surface area contributed by atoms with Crippen molar-refractivity contribution in [1.82, 2.24) is 0 Å². The van der Waals surface area contributed by atoms with Crippen LogP contribution in [0, 0.1) is 10.1 Å². The molecule has 0 aliphatic rings. The van der Waals surface area contributed by atoms with Crippen LogP contribution in [-0.2, 0) is 11.3 Å². The summed E-state index contributed by atoms with van der Waals surface area (Å²) < 4.78 is 9.88. The minimum absolute atomic E-state index is 0.118. The van der Waals surface area contributed by atoms with E-state index in [9.17, 15) is 14.9 Å². The summed E-state index contributed by atoms with van der Waals surface area (Å²) in [6.45, 7) is 0.315. The second-order valence-electron chi connectivity index (χ2n) is 4.65. The van der Waals surface area contributed by atoms with Gasteiger partial charge in [-0.3, -0.25) is 10.1 Å². The molecule has 0 atom stereocenters. The Balaban J connectivity index is 2.29. The normalized spacial score (nSPS) is 10.0. The van der Waals surface area contributed by atoms with E-state index in [-0.39, 0.29) is 16.9 Å². The lowest BCUT2D eigenvalue weighted by molar-refractivity contribution is -0.384. The number of para-hydroxylation sites is 1. The number of rotatable bonds is 6. The van der Waals surface area contributed by atoms with Crippen molar-refractivity contribution in [2.24, 2.45) is 0 Å². The molecule has 0 unspecified atom stereocenters. The highest BCUT2D eigenvalue weighted by molar-refractivity contribution is 5.91. The van der Waals surface area contributed by atoms with Crippen LogP contribution in [0.15, 0.2) is 42.5 Å². The van der Waals surface area contributed by atoms with Crippen LogP contribution in [0.4, 0.5) is 11.4 Å². The topological polar surface area (TPSA) is 90.7 Å². The van der Waals surface area contributed by atoms with Crippen LogP contribution in [0.25, 0.3) is 0 Å². The number of nitrogens with zero attached hydrogens (tertiary/aromatic N) is 1. The average Bonchev–Trinajstić information content (AvgIpc) is 2.58. The first-order valence-corrected chi connectivity index (χ1v) is 6.79. The number of hydrogen-bond donors (Lipinski definition) is 1. The molecule has 120 valence electrons. The summed E-state index contributed by atoms with van der Waals surface area (Å²) >= 11 is 0. The zero-order valence-electron chi connectivity index (χ0n) is 12.7. The van der Waals surface area contributed by atoms with E-state index in [1.54, 1.807) is 13.2 Å². The van der Waals surface area contributed by atoms with Gasteiger partial charge in [0.25, 0.3) is 5.69 Å². The van der Waals surface area contributed by atoms with Crippen molar-refractivity contribution in [1.29, 1.82) is 0 Å². The molecule has 0 heterocycles. The largest absolute Gasteiger partial charge is 0.496 e. The summed E-state index contributed by atoms with van der Waals surface area (Å²) in [4.78, 5) is 22.2. The predicted molar refractivity (Wildman–Crippen MR) is 84.8 cm³/mol. The van der Waals surface area contributed by atoms with Crippen LogP contribution >= 0.6 is 0 Å². The molecule has 1 N–H and O–H groups in total. The van der Waals surface area contributed by atoms with Gasteiger partial charge in [-0.05, 0) is 18.2 Å². The second-order valence-corrected chi connectivity index (χ2v) is 4.65. The molecule has 0 saturated heterocycles. The molecule has 0 aliphatic carbocycles. The highest BCUT2D eigenvalue weighted by Crippen LogP contribution is 2.27. The third-order valence-corrected chi connectivity index (χ3v) is 3.28. The molecule has 0 aliphatic heterocycles. The third kappa shape index (κ3) is 3.76. The maximum atomic E-state index is 11.6. The Morgan fingerprint density at radius 2 is 1.96 bits per heavy atom. The van der Waals surface area contributed by atoms with Gasteiger partial charge in [-0.1, -0.05) is 18.2 Å². The summed E-state index contributed by atoms with van der Waals surface area (Å²) in [6, 6.07) is 11.4. The zero-order chi connectivity index (χ0) is 16.8. The van der Waals surface area contributed by atoms with Gasteiger partial charge in [0.2, 0.25) is 0 Å². The van der Waals surface area contributed by atoms with E-state index < -0.39 is 10.9 Å². The van der Waals surface area contributed by atoms with Crippen LogP contribution in [0.1, 0.15) is 15.9 Å². The molecule has 23 heavy (non-hydrogen) atoms. The fourth-order valence-electron chi connectivity index (χ4n) is 2.12. The van der Waals surface area contributed by atoms with Gasteiger partial charge in [0.15, 0.2) is 0 Å². The number of nitro groups is 1. The Labute approximate surface area is 133 Å². The number of esters is 1. The highest BCUT2D eigenvalue weighted by Gasteiger charge is 2.17. The monoisotopic (exact) mass is 316 g/mol. The second kappa shape index (κ2) is 7.26. The Hall–Kier alpha value is -3.09. The van der Waals surface area contributed by atoms with E-state index in [1.807, 2.05) is 18.2 Å². The minimum atomic E-state index is -0.555. The van der Waals surface area contributed by atoms with Crippen molar-refractivity contribution < 1.29 is 19.2 Å². The van der Waals surface area contributed by atoms with Crippen LogP contribution < -0.4 is 10.1 Å². The maximum Gasteiger partial charge on any atom is 0.337 e. The molecule has 2 aromatic carbocycles. The van der Waals surface area contributed by atoms with Crippen molar-refractivity contribution in [3.8, 4) is 5.75 Å². The summed E-state index contributed by atoms with van der Waals surface area (Å²) in [6.07, 6.45) is 0. The number of carbonyl (C=O) groups is 1. The molecule has 7 heteroatoms. The number of hydrogen-bond acceptors (Lipinski definition) is 6. The van der Waals surface area contributed by atoms with Crippen LogP contribution in [0.2, 0.25) is 0 Å². The summed E-state index contributed by atoms with van der Waals surface area (Å²) in [5.41, 5.74) is 1.20. The van der Waals surface area contributed by atoms with E-state index in [1.165, 1.54) is 25.3 Å². The van der Waals surface area contributed by atoms with Crippen molar-refractivity contribution in [2.45, 2.75) is 6.54 Å². The average molecular weight is 316 g/mol. The van der Waals surface area contributed by atoms with Crippen molar-refractivity contribution in [2.75, 3.05) is 19.5 Å². The SMILES string of the molecule is COC(=O)c1ccc([N+](=O)[O-])c(NCc2ccccc2OC)c1. The number of carbonyl (C=O) groups excluding carboxylic acids is 1. The zero-order valence-corrected chi connectivity index (χ0v) is 12.7. The Morgan fingerprint density at radius 1 is 1.22 bits per heavy atom. The lowest BCUT2D eigenvalue weighted by atomic mass is 10.1. The molecular formula is C16H16N2O5. The number of nitro benzene ring substituents is 1. The molecule has 2 aromatic rings. The maximum absolute atomic E-state index is 11.6. The number of nitrogens with one attached hydrogen (secondary N) is 1. The molecular weight excluding hydrogens is 300 g/mol. The first-order chi connectivity index (χ1) is 11.1. The molecule has 0 aromatic heterocycles. The highest BCUT2D eigenvalue weighted by atomic mass is 16.6. The fourth-order valence-corrected chi connectivity index (χ4v) is 2.12. The number of methoxy groups -OCH3 is 2.